The molecule has 2 aromatic rings. The zero-order chi connectivity index (χ0) is 19.8. The fourth-order valence-corrected chi connectivity index (χ4v) is 2.61. The Morgan fingerprint density at radius 3 is 2.23 bits per heavy atom. The molecule has 0 amide bonds. The summed E-state index contributed by atoms with van der Waals surface area (Å²) in [6.07, 6.45) is -5.98. The van der Waals surface area contributed by atoms with Crippen LogP contribution in [0.25, 0.3) is 10.8 Å². The number of aliphatic hydroxyl groups is 1. The number of alkyl halides is 3. The summed E-state index contributed by atoms with van der Waals surface area (Å²) in [5, 5.41) is 11.9. The number of ether oxygens (including phenoxy) is 1. The Hall–Kier alpha value is -2.12. The number of esters is 1. The van der Waals surface area contributed by atoms with Gasteiger partial charge in [0.2, 0.25) is 0 Å². The monoisotopic (exact) mass is 369 g/mol. The van der Waals surface area contributed by atoms with Gasteiger partial charge in [-0.1, -0.05) is 42.5 Å². The standard InChI is InChI=1S/C19H22F3NO3/c1-17(2,3)26-16(24)15(23)18(25,19(20,21)22)11-12-8-9-13-6-4-5-7-14(13)10-12/h4-10,15,25H,11,23H2,1-3H3/t15-,18-/m1/s1. The van der Waals surface area contributed by atoms with Crippen LogP contribution in [0.15, 0.2) is 42.5 Å². The van der Waals surface area contributed by atoms with E-state index in [1.165, 1.54) is 32.9 Å². The van der Waals surface area contributed by atoms with Crippen LogP contribution in [-0.2, 0) is 16.0 Å². The molecule has 0 saturated carbocycles. The summed E-state index contributed by atoms with van der Waals surface area (Å²) in [5.74, 6) is -1.31. The predicted molar refractivity (Wildman–Crippen MR) is 92.5 cm³/mol. The van der Waals surface area contributed by atoms with E-state index >= 15 is 0 Å². The van der Waals surface area contributed by atoms with Gasteiger partial charge in [-0.2, -0.15) is 13.2 Å². The van der Waals surface area contributed by atoms with Crippen molar-refractivity contribution in [2.24, 2.45) is 5.73 Å². The van der Waals surface area contributed by atoms with Crippen molar-refractivity contribution < 1.29 is 27.8 Å². The van der Waals surface area contributed by atoms with E-state index in [1.54, 1.807) is 18.2 Å². The van der Waals surface area contributed by atoms with Gasteiger partial charge in [0.05, 0.1) is 0 Å². The first-order valence-electron chi connectivity index (χ1n) is 8.09. The zero-order valence-electron chi connectivity index (χ0n) is 14.8. The molecule has 2 rings (SSSR count). The Morgan fingerprint density at radius 2 is 1.69 bits per heavy atom. The molecule has 4 nitrogen and oxygen atoms in total. The molecule has 0 heterocycles. The van der Waals surface area contributed by atoms with Crippen LogP contribution in [0.2, 0.25) is 0 Å². The minimum absolute atomic E-state index is 0.211. The highest BCUT2D eigenvalue weighted by atomic mass is 19.4. The molecule has 0 aromatic heterocycles. The minimum atomic E-state index is -5.12. The van der Waals surface area contributed by atoms with Crippen molar-refractivity contribution in [2.75, 3.05) is 0 Å². The van der Waals surface area contributed by atoms with Gasteiger partial charge in [0.25, 0.3) is 0 Å². The van der Waals surface area contributed by atoms with Crippen LogP contribution in [0.4, 0.5) is 13.2 Å². The number of benzene rings is 2. The topological polar surface area (TPSA) is 72.5 Å². The van der Waals surface area contributed by atoms with Gasteiger partial charge in [0.1, 0.15) is 11.6 Å². The van der Waals surface area contributed by atoms with Crippen LogP contribution in [0.1, 0.15) is 26.3 Å². The summed E-state index contributed by atoms with van der Waals surface area (Å²) in [7, 11) is 0. The van der Waals surface area contributed by atoms with Crippen molar-refractivity contribution in [1.29, 1.82) is 0 Å². The molecule has 26 heavy (non-hydrogen) atoms. The number of carbonyl (C=O) groups excluding carboxylic acids is 1. The fraction of sp³-hybridized carbons (Fsp3) is 0.421. The van der Waals surface area contributed by atoms with Crippen LogP contribution < -0.4 is 5.73 Å². The lowest BCUT2D eigenvalue weighted by atomic mass is 9.86. The van der Waals surface area contributed by atoms with Crippen LogP contribution in [-0.4, -0.2) is 34.5 Å². The number of fused-ring (bicyclic) bond motifs is 1. The maximum atomic E-state index is 13.6. The number of carbonyl (C=O) groups is 1. The average Bonchev–Trinajstić information content (AvgIpc) is 2.51. The number of halogens is 3. The van der Waals surface area contributed by atoms with Crippen LogP contribution in [0.5, 0.6) is 0 Å². The molecule has 0 fully saturated rings. The smallest absolute Gasteiger partial charge is 0.419 e. The largest absolute Gasteiger partial charge is 0.459 e. The van der Waals surface area contributed by atoms with E-state index in [4.69, 9.17) is 10.5 Å². The van der Waals surface area contributed by atoms with Gasteiger partial charge in [-0.15, -0.1) is 0 Å². The van der Waals surface area contributed by atoms with Gasteiger partial charge in [0.15, 0.2) is 5.60 Å². The van der Waals surface area contributed by atoms with E-state index in [0.717, 1.165) is 10.8 Å². The van der Waals surface area contributed by atoms with E-state index in [9.17, 15) is 23.1 Å². The highest BCUT2D eigenvalue weighted by Gasteiger charge is 2.60. The summed E-state index contributed by atoms with van der Waals surface area (Å²) < 4.78 is 45.8. The number of rotatable bonds is 4. The lowest BCUT2D eigenvalue weighted by molar-refractivity contribution is -0.268. The number of hydrogen-bond acceptors (Lipinski definition) is 4. The van der Waals surface area contributed by atoms with Crippen molar-refractivity contribution in [1.82, 2.24) is 0 Å². The van der Waals surface area contributed by atoms with Gasteiger partial charge < -0.3 is 15.6 Å². The Kier molecular flexibility index (Phi) is 5.35. The van der Waals surface area contributed by atoms with E-state index in [1.807, 2.05) is 12.1 Å². The fourth-order valence-electron chi connectivity index (χ4n) is 2.61. The molecule has 142 valence electrons. The highest BCUT2D eigenvalue weighted by molar-refractivity contribution is 5.83. The normalized spacial score (nSPS) is 16.2. The maximum absolute atomic E-state index is 13.6. The zero-order valence-corrected chi connectivity index (χ0v) is 14.8. The third-order valence-corrected chi connectivity index (χ3v) is 3.95. The lowest BCUT2D eigenvalue weighted by Gasteiger charge is -2.35. The summed E-state index contributed by atoms with van der Waals surface area (Å²) in [4.78, 5) is 12.0. The summed E-state index contributed by atoms with van der Waals surface area (Å²) in [6.45, 7) is 4.52. The minimum Gasteiger partial charge on any atom is -0.459 e. The molecular weight excluding hydrogens is 347 g/mol. The Balaban J connectivity index is 2.37. The molecular formula is C19H22F3NO3. The Bertz CT molecular complexity index is 798. The second-order valence-electron chi connectivity index (χ2n) is 7.29. The summed E-state index contributed by atoms with van der Waals surface area (Å²) in [5.41, 5.74) is 1.25. The van der Waals surface area contributed by atoms with Crippen molar-refractivity contribution >= 4 is 16.7 Å². The van der Waals surface area contributed by atoms with E-state index in [-0.39, 0.29) is 5.56 Å². The summed E-state index contributed by atoms with van der Waals surface area (Å²) >= 11 is 0. The van der Waals surface area contributed by atoms with Gasteiger partial charge >= 0.3 is 12.1 Å². The first-order chi connectivity index (χ1) is 11.8. The average molecular weight is 369 g/mol. The molecule has 0 spiro atoms. The van der Waals surface area contributed by atoms with Crippen molar-refractivity contribution in [3.05, 3.63) is 48.0 Å². The highest BCUT2D eigenvalue weighted by Crippen LogP contribution is 2.36. The van der Waals surface area contributed by atoms with Crippen molar-refractivity contribution in [3.63, 3.8) is 0 Å². The molecule has 0 radical (unpaired) electrons. The summed E-state index contributed by atoms with van der Waals surface area (Å²) in [6, 6.07) is 9.53. The first-order valence-corrected chi connectivity index (χ1v) is 8.09. The molecule has 0 saturated heterocycles. The van der Waals surface area contributed by atoms with Gasteiger partial charge in [0, 0.05) is 6.42 Å². The molecule has 0 bridgehead atoms. The molecule has 2 aromatic carbocycles. The van der Waals surface area contributed by atoms with Crippen LogP contribution in [0, 0.1) is 0 Å². The third kappa shape index (κ3) is 4.34. The van der Waals surface area contributed by atoms with Gasteiger partial charge in [-0.05, 0) is 37.1 Å². The quantitative estimate of drug-likeness (QED) is 0.811. The second kappa shape index (κ2) is 6.89. The Labute approximate surface area is 149 Å². The first kappa shape index (κ1) is 20.2. The van der Waals surface area contributed by atoms with E-state index < -0.39 is 35.8 Å². The molecule has 7 heteroatoms. The molecule has 0 aliphatic rings. The Morgan fingerprint density at radius 1 is 1.12 bits per heavy atom. The van der Waals surface area contributed by atoms with Gasteiger partial charge in [-0.25, -0.2) is 0 Å². The molecule has 2 atom stereocenters. The van der Waals surface area contributed by atoms with E-state index in [0.29, 0.717) is 0 Å². The third-order valence-electron chi connectivity index (χ3n) is 3.95. The number of nitrogens with two attached hydrogens (primary N) is 1. The SMILES string of the molecule is CC(C)(C)OC(=O)[C@@H](N)[C@](O)(Cc1ccc2ccccc2c1)C(F)(F)F. The van der Waals surface area contributed by atoms with E-state index in [2.05, 4.69) is 0 Å². The van der Waals surface area contributed by atoms with Crippen molar-refractivity contribution in [3.8, 4) is 0 Å². The lowest BCUT2D eigenvalue weighted by Crippen LogP contribution is -2.63. The number of hydrogen-bond donors (Lipinski definition) is 2. The van der Waals surface area contributed by atoms with Crippen LogP contribution in [0.3, 0.4) is 0 Å². The molecule has 0 aliphatic heterocycles. The van der Waals surface area contributed by atoms with Crippen molar-refractivity contribution in [2.45, 2.75) is 50.6 Å². The second-order valence-corrected chi connectivity index (χ2v) is 7.29. The van der Waals surface area contributed by atoms with Gasteiger partial charge in [-0.3, -0.25) is 4.79 Å². The molecule has 0 unspecified atom stereocenters. The molecule has 3 N–H and O–H groups in total. The van der Waals surface area contributed by atoms with Crippen LogP contribution >= 0.6 is 0 Å². The molecule has 0 aliphatic carbocycles. The predicted octanol–water partition coefficient (Wildman–Crippen LogP) is 3.34. The maximum Gasteiger partial charge on any atom is 0.419 e.